The van der Waals surface area contributed by atoms with Crippen molar-refractivity contribution in [1.82, 2.24) is 0 Å². The highest BCUT2D eigenvalue weighted by atomic mass is 32.2. The number of halogens is 3. The summed E-state index contributed by atoms with van der Waals surface area (Å²) < 4.78 is 37.8. The highest BCUT2D eigenvalue weighted by Gasteiger charge is 2.30. The second kappa shape index (κ2) is 5.79. The molecule has 1 nitrogen and oxygen atoms in total. The van der Waals surface area contributed by atoms with Gasteiger partial charge in [0.05, 0.1) is 5.56 Å². The lowest BCUT2D eigenvalue weighted by molar-refractivity contribution is -0.137. The molecular formula is C15H14F3NS. The highest BCUT2D eigenvalue weighted by molar-refractivity contribution is 7.98. The topological polar surface area (TPSA) is 26.0 Å². The number of hydrogen-bond donors (Lipinski definition) is 1. The van der Waals surface area contributed by atoms with Crippen molar-refractivity contribution in [3.05, 3.63) is 59.2 Å². The maximum atomic E-state index is 12.6. The molecule has 0 spiro atoms. The van der Waals surface area contributed by atoms with E-state index in [2.05, 4.69) is 0 Å². The summed E-state index contributed by atoms with van der Waals surface area (Å²) in [5, 5.41) is 0. The van der Waals surface area contributed by atoms with E-state index in [1.165, 1.54) is 23.9 Å². The zero-order valence-electron chi connectivity index (χ0n) is 10.9. The summed E-state index contributed by atoms with van der Waals surface area (Å²) in [6.45, 7) is 1.94. The first kappa shape index (κ1) is 14.8. The zero-order chi connectivity index (χ0) is 14.8. The molecule has 0 aliphatic heterocycles. The van der Waals surface area contributed by atoms with Gasteiger partial charge in [-0.05, 0) is 36.2 Å². The molecule has 2 aromatic rings. The van der Waals surface area contributed by atoms with E-state index in [0.29, 0.717) is 17.0 Å². The molecule has 0 saturated heterocycles. The van der Waals surface area contributed by atoms with Gasteiger partial charge < -0.3 is 5.73 Å². The van der Waals surface area contributed by atoms with E-state index in [-0.39, 0.29) is 0 Å². The Labute approximate surface area is 120 Å². The second-order valence-electron chi connectivity index (χ2n) is 4.53. The van der Waals surface area contributed by atoms with Gasteiger partial charge in [0.15, 0.2) is 0 Å². The third-order valence-electron chi connectivity index (χ3n) is 2.81. The van der Waals surface area contributed by atoms with Gasteiger partial charge in [0, 0.05) is 16.3 Å². The normalized spacial score (nSPS) is 11.6. The molecule has 0 aliphatic rings. The average molecular weight is 297 g/mol. The van der Waals surface area contributed by atoms with Crippen LogP contribution in [0, 0.1) is 6.92 Å². The summed E-state index contributed by atoms with van der Waals surface area (Å²) >= 11 is 1.44. The molecule has 0 heterocycles. The van der Waals surface area contributed by atoms with Gasteiger partial charge in [0.1, 0.15) is 0 Å². The van der Waals surface area contributed by atoms with Crippen LogP contribution in [0.25, 0.3) is 0 Å². The molecule has 5 heteroatoms. The number of alkyl halides is 3. The minimum atomic E-state index is -4.30. The van der Waals surface area contributed by atoms with E-state index in [4.69, 9.17) is 5.73 Å². The number of benzene rings is 2. The minimum Gasteiger partial charge on any atom is -0.398 e. The van der Waals surface area contributed by atoms with Gasteiger partial charge in [0.25, 0.3) is 0 Å². The summed E-state index contributed by atoms with van der Waals surface area (Å²) in [5.41, 5.74) is 7.61. The molecule has 0 bridgehead atoms. The maximum Gasteiger partial charge on any atom is 0.416 e. The first-order valence-corrected chi connectivity index (χ1v) is 7.00. The summed E-state index contributed by atoms with van der Waals surface area (Å²) in [6.07, 6.45) is -4.30. The first-order chi connectivity index (χ1) is 9.36. The van der Waals surface area contributed by atoms with Crippen LogP contribution in [0.5, 0.6) is 0 Å². The number of nitrogen functional groups attached to an aromatic ring is 1. The average Bonchev–Trinajstić information content (AvgIpc) is 2.37. The van der Waals surface area contributed by atoms with E-state index in [9.17, 15) is 13.2 Å². The first-order valence-electron chi connectivity index (χ1n) is 6.01. The van der Waals surface area contributed by atoms with Crippen molar-refractivity contribution in [3.63, 3.8) is 0 Å². The molecule has 0 aromatic heterocycles. The largest absolute Gasteiger partial charge is 0.416 e. The Morgan fingerprint density at radius 2 is 1.85 bits per heavy atom. The number of thioether (sulfide) groups is 1. The SMILES string of the molecule is Cc1ccc(SCc2cccc(C(F)(F)F)c2)c(N)c1. The van der Waals surface area contributed by atoms with Crippen LogP contribution in [0.1, 0.15) is 16.7 Å². The smallest absolute Gasteiger partial charge is 0.398 e. The molecule has 0 saturated carbocycles. The van der Waals surface area contributed by atoms with Crippen molar-refractivity contribution >= 4 is 17.4 Å². The number of nitrogens with two attached hydrogens (primary N) is 1. The van der Waals surface area contributed by atoms with Crippen LogP contribution in [-0.2, 0) is 11.9 Å². The second-order valence-corrected chi connectivity index (χ2v) is 5.55. The maximum absolute atomic E-state index is 12.6. The molecular weight excluding hydrogens is 283 g/mol. The lowest BCUT2D eigenvalue weighted by atomic mass is 10.1. The van der Waals surface area contributed by atoms with Crippen molar-refractivity contribution in [2.45, 2.75) is 23.7 Å². The third kappa shape index (κ3) is 3.70. The quantitative estimate of drug-likeness (QED) is 0.645. The predicted molar refractivity (Wildman–Crippen MR) is 76.6 cm³/mol. The Bertz CT molecular complexity index is 608. The summed E-state index contributed by atoms with van der Waals surface area (Å²) in [5.74, 6) is 0.456. The molecule has 20 heavy (non-hydrogen) atoms. The van der Waals surface area contributed by atoms with Gasteiger partial charge in [0.2, 0.25) is 0 Å². The van der Waals surface area contributed by atoms with Gasteiger partial charge in [-0.25, -0.2) is 0 Å². The van der Waals surface area contributed by atoms with Gasteiger partial charge in [-0.3, -0.25) is 0 Å². The zero-order valence-corrected chi connectivity index (χ0v) is 11.7. The van der Waals surface area contributed by atoms with Gasteiger partial charge in [-0.2, -0.15) is 13.2 Å². The number of rotatable bonds is 3. The number of aryl methyl sites for hydroxylation is 1. The van der Waals surface area contributed by atoms with Crippen molar-refractivity contribution in [2.24, 2.45) is 0 Å². The number of hydrogen-bond acceptors (Lipinski definition) is 2. The van der Waals surface area contributed by atoms with Crippen molar-refractivity contribution in [1.29, 1.82) is 0 Å². The fourth-order valence-electron chi connectivity index (χ4n) is 1.80. The summed E-state index contributed by atoms with van der Waals surface area (Å²) in [6, 6.07) is 11.1. The van der Waals surface area contributed by atoms with Crippen LogP contribution in [0.4, 0.5) is 18.9 Å². The van der Waals surface area contributed by atoms with Crippen molar-refractivity contribution in [2.75, 3.05) is 5.73 Å². The highest BCUT2D eigenvalue weighted by Crippen LogP contribution is 2.32. The standard InChI is InChI=1S/C15H14F3NS/c1-10-5-6-14(13(19)7-10)20-9-11-3-2-4-12(8-11)15(16,17)18/h2-8H,9,19H2,1H3. The van der Waals surface area contributed by atoms with Crippen LogP contribution < -0.4 is 5.73 Å². The lowest BCUT2D eigenvalue weighted by Gasteiger charge is -2.09. The fraction of sp³-hybridized carbons (Fsp3) is 0.200. The Hall–Kier alpha value is -1.62. The van der Waals surface area contributed by atoms with E-state index in [0.717, 1.165) is 16.5 Å². The Morgan fingerprint density at radius 3 is 2.50 bits per heavy atom. The van der Waals surface area contributed by atoms with Crippen molar-refractivity contribution in [3.8, 4) is 0 Å². The summed E-state index contributed by atoms with van der Waals surface area (Å²) in [4.78, 5) is 0.882. The molecule has 0 unspecified atom stereocenters. The Balaban J connectivity index is 2.11. The van der Waals surface area contributed by atoms with Crippen molar-refractivity contribution < 1.29 is 13.2 Å². The van der Waals surface area contributed by atoms with E-state index in [1.54, 1.807) is 6.07 Å². The number of anilines is 1. The van der Waals surface area contributed by atoms with E-state index in [1.807, 2.05) is 25.1 Å². The third-order valence-corrected chi connectivity index (χ3v) is 3.97. The van der Waals surface area contributed by atoms with Crippen LogP contribution >= 0.6 is 11.8 Å². The van der Waals surface area contributed by atoms with Crippen LogP contribution in [-0.4, -0.2) is 0 Å². The molecule has 106 valence electrons. The Morgan fingerprint density at radius 1 is 1.10 bits per heavy atom. The molecule has 0 amide bonds. The van der Waals surface area contributed by atoms with Gasteiger partial charge in [-0.15, -0.1) is 11.8 Å². The predicted octanol–water partition coefficient (Wildman–Crippen LogP) is 4.89. The van der Waals surface area contributed by atoms with Crippen LogP contribution in [0.3, 0.4) is 0 Å². The lowest BCUT2D eigenvalue weighted by Crippen LogP contribution is -2.04. The van der Waals surface area contributed by atoms with Gasteiger partial charge >= 0.3 is 6.18 Å². The molecule has 2 N–H and O–H groups in total. The molecule has 0 aliphatic carbocycles. The monoisotopic (exact) mass is 297 g/mol. The fourth-order valence-corrected chi connectivity index (χ4v) is 2.69. The molecule has 2 rings (SSSR count). The summed E-state index contributed by atoms with van der Waals surface area (Å²) in [7, 11) is 0. The minimum absolute atomic E-state index is 0.456. The molecule has 2 aromatic carbocycles. The van der Waals surface area contributed by atoms with Crippen LogP contribution in [0.2, 0.25) is 0 Å². The van der Waals surface area contributed by atoms with Gasteiger partial charge in [-0.1, -0.05) is 24.3 Å². The molecule has 0 radical (unpaired) electrons. The van der Waals surface area contributed by atoms with Crippen LogP contribution in [0.15, 0.2) is 47.4 Å². The van der Waals surface area contributed by atoms with E-state index >= 15 is 0 Å². The Kier molecular flexibility index (Phi) is 4.28. The molecule has 0 fully saturated rings. The van der Waals surface area contributed by atoms with E-state index < -0.39 is 11.7 Å². The molecule has 0 atom stereocenters.